The molecule has 5 heteroatoms. The largest absolute Gasteiger partial charge is 0.326 e. The summed E-state index contributed by atoms with van der Waals surface area (Å²) in [5.41, 5.74) is 6.87. The molecule has 0 radical (unpaired) electrons. The Morgan fingerprint density at radius 3 is 2.62 bits per heavy atom. The molecule has 4 rings (SSSR count). The summed E-state index contributed by atoms with van der Waals surface area (Å²) in [6.07, 6.45) is 2.94. The van der Waals surface area contributed by atoms with E-state index in [1.807, 2.05) is 80.7 Å². The lowest BCUT2D eigenvalue weighted by Gasteiger charge is -2.11. The van der Waals surface area contributed by atoms with Crippen LogP contribution in [0.2, 0.25) is 5.02 Å². The number of aryl methyl sites for hydroxylation is 2. The van der Waals surface area contributed by atoms with Crippen molar-refractivity contribution in [1.82, 2.24) is 9.38 Å². The first-order valence-corrected chi connectivity index (χ1v) is 9.98. The molecule has 0 saturated heterocycles. The summed E-state index contributed by atoms with van der Waals surface area (Å²) in [5, 5.41) is 3.73. The number of carbonyl (C=O) groups excluding carboxylic acids is 1. The molecule has 2 aromatic heterocycles. The van der Waals surface area contributed by atoms with Gasteiger partial charge in [0.25, 0.3) is 0 Å². The molecule has 0 spiro atoms. The fraction of sp³-hybridized carbons (Fsp3) is 0.167. The monoisotopic (exact) mass is 403 g/mol. The lowest BCUT2D eigenvalue weighted by molar-refractivity contribution is -0.116. The van der Waals surface area contributed by atoms with Gasteiger partial charge in [0.2, 0.25) is 5.91 Å². The van der Waals surface area contributed by atoms with Gasteiger partial charge in [-0.2, -0.15) is 0 Å². The van der Waals surface area contributed by atoms with Gasteiger partial charge >= 0.3 is 0 Å². The minimum atomic E-state index is -0.00774. The highest BCUT2D eigenvalue weighted by Gasteiger charge is 2.15. The highest BCUT2D eigenvalue weighted by atomic mass is 35.5. The van der Waals surface area contributed by atoms with E-state index in [9.17, 15) is 4.79 Å². The van der Waals surface area contributed by atoms with E-state index in [0.717, 1.165) is 39.4 Å². The van der Waals surface area contributed by atoms with Gasteiger partial charge in [-0.15, -0.1) is 0 Å². The zero-order valence-corrected chi connectivity index (χ0v) is 17.2. The summed E-state index contributed by atoms with van der Waals surface area (Å²) >= 11 is 6.04. The average molecular weight is 404 g/mol. The SMILES string of the molecule is Cc1cccc(NC(=O)CCc2c(-c3ccc(Cl)cc3)nc3ccccn23)c1C. The lowest BCUT2D eigenvalue weighted by Crippen LogP contribution is -2.14. The van der Waals surface area contributed by atoms with Gasteiger partial charge in [0, 0.05) is 28.9 Å². The molecule has 4 aromatic rings. The number of fused-ring (bicyclic) bond motifs is 1. The van der Waals surface area contributed by atoms with Crippen molar-refractivity contribution in [3.05, 3.63) is 88.7 Å². The van der Waals surface area contributed by atoms with Gasteiger partial charge in [-0.3, -0.25) is 4.79 Å². The molecule has 146 valence electrons. The lowest BCUT2D eigenvalue weighted by atomic mass is 10.1. The zero-order valence-electron chi connectivity index (χ0n) is 16.4. The van der Waals surface area contributed by atoms with E-state index in [-0.39, 0.29) is 5.91 Å². The van der Waals surface area contributed by atoms with Crippen LogP contribution in [0.3, 0.4) is 0 Å². The van der Waals surface area contributed by atoms with Crippen LogP contribution in [0.25, 0.3) is 16.9 Å². The van der Waals surface area contributed by atoms with E-state index in [4.69, 9.17) is 16.6 Å². The molecule has 0 atom stereocenters. The quantitative estimate of drug-likeness (QED) is 0.454. The number of halogens is 1. The molecule has 0 bridgehead atoms. The zero-order chi connectivity index (χ0) is 20.4. The number of carbonyl (C=O) groups is 1. The van der Waals surface area contributed by atoms with E-state index >= 15 is 0 Å². The first kappa shape index (κ1) is 19.2. The van der Waals surface area contributed by atoms with Crippen LogP contribution in [0, 0.1) is 13.8 Å². The standard InChI is InChI=1S/C24H22ClN3O/c1-16-6-5-7-20(17(16)2)26-23(29)14-13-21-24(18-9-11-19(25)12-10-18)27-22-8-3-4-15-28(21)22/h3-12,15H,13-14H2,1-2H3,(H,26,29). The second kappa shape index (κ2) is 8.10. The smallest absolute Gasteiger partial charge is 0.224 e. The van der Waals surface area contributed by atoms with Gasteiger partial charge in [0.1, 0.15) is 5.65 Å². The molecule has 1 N–H and O–H groups in total. The van der Waals surface area contributed by atoms with Crippen molar-refractivity contribution < 1.29 is 4.79 Å². The Balaban J connectivity index is 1.60. The molecule has 0 aliphatic heterocycles. The van der Waals surface area contributed by atoms with E-state index in [0.29, 0.717) is 17.9 Å². The van der Waals surface area contributed by atoms with E-state index < -0.39 is 0 Å². The van der Waals surface area contributed by atoms with Crippen molar-refractivity contribution in [3.8, 4) is 11.3 Å². The average Bonchev–Trinajstić information content (AvgIpc) is 3.09. The molecule has 29 heavy (non-hydrogen) atoms. The summed E-state index contributed by atoms with van der Waals surface area (Å²) in [5.74, 6) is -0.00774. The third kappa shape index (κ3) is 4.03. The summed E-state index contributed by atoms with van der Waals surface area (Å²) in [7, 11) is 0. The number of amides is 1. The Morgan fingerprint density at radius 1 is 1.03 bits per heavy atom. The predicted molar refractivity (Wildman–Crippen MR) is 119 cm³/mol. The van der Waals surface area contributed by atoms with Crippen LogP contribution in [0.1, 0.15) is 23.2 Å². The summed E-state index contributed by atoms with van der Waals surface area (Å²) < 4.78 is 2.05. The molecule has 0 aliphatic carbocycles. The second-order valence-corrected chi connectivity index (χ2v) is 7.57. The number of benzene rings is 2. The van der Waals surface area contributed by atoms with Crippen molar-refractivity contribution in [1.29, 1.82) is 0 Å². The third-order valence-electron chi connectivity index (χ3n) is 5.21. The number of nitrogens with zero attached hydrogens (tertiary/aromatic N) is 2. The van der Waals surface area contributed by atoms with Gasteiger partial charge < -0.3 is 9.72 Å². The molecule has 0 aliphatic rings. The number of pyridine rings is 1. The van der Waals surface area contributed by atoms with Gasteiger partial charge in [-0.1, -0.05) is 41.9 Å². The molecule has 0 saturated carbocycles. The van der Waals surface area contributed by atoms with Gasteiger partial charge in [-0.25, -0.2) is 4.98 Å². The van der Waals surface area contributed by atoms with Crippen LogP contribution in [-0.2, 0) is 11.2 Å². The van der Waals surface area contributed by atoms with Gasteiger partial charge in [0.05, 0.1) is 11.4 Å². The van der Waals surface area contributed by atoms with Crippen LogP contribution < -0.4 is 5.32 Å². The highest BCUT2D eigenvalue weighted by Crippen LogP contribution is 2.27. The van der Waals surface area contributed by atoms with Gasteiger partial charge in [-0.05, 0) is 61.7 Å². The Hall–Kier alpha value is -3.11. The first-order chi connectivity index (χ1) is 14.0. The molecular weight excluding hydrogens is 382 g/mol. The van der Waals surface area contributed by atoms with Crippen molar-refractivity contribution in [3.63, 3.8) is 0 Å². The number of aromatic nitrogens is 2. The van der Waals surface area contributed by atoms with Crippen molar-refractivity contribution in [2.24, 2.45) is 0 Å². The van der Waals surface area contributed by atoms with Gasteiger partial charge in [0.15, 0.2) is 0 Å². The van der Waals surface area contributed by atoms with Crippen LogP contribution in [0.15, 0.2) is 66.9 Å². The number of hydrogen-bond acceptors (Lipinski definition) is 2. The molecule has 4 nitrogen and oxygen atoms in total. The van der Waals surface area contributed by atoms with Crippen LogP contribution >= 0.6 is 11.6 Å². The highest BCUT2D eigenvalue weighted by molar-refractivity contribution is 6.30. The van der Waals surface area contributed by atoms with E-state index in [1.165, 1.54) is 0 Å². The minimum absolute atomic E-state index is 0.00774. The number of imidazole rings is 1. The van der Waals surface area contributed by atoms with Crippen LogP contribution in [-0.4, -0.2) is 15.3 Å². The van der Waals surface area contributed by atoms with E-state index in [1.54, 1.807) is 0 Å². The number of hydrogen-bond donors (Lipinski definition) is 1. The summed E-state index contributed by atoms with van der Waals surface area (Å²) in [6, 6.07) is 19.5. The molecular formula is C24H22ClN3O. The summed E-state index contributed by atoms with van der Waals surface area (Å²) in [6.45, 7) is 4.07. The Bertz CT molecular complexity index is 1180. The predicted octanol–water partition coefficient (Wildman–Crippen LogP) is 5.84. The maximum Gasteiger partial charge on any atom is 0.224 e. The number of nitrogens with one attached hydrogen (secondary N) is 1. The molecule has 2 heterocycles. The summed E-state index contributed by atoms with van der Waals surface area (Å²) in [4.78, 5) is 17.4. The fourth-order valence-electron chi connectivity index (χ4n) is 3.46. The third-order valence-corrected chi connectivity index (χ3v) is 5.47. The van der Waals surface area contributed by atoms with Crippen molar-refractivity contribution in [2.45, 2.75) is 26.7 Å². The normalized spacial score (nSPS) is 11.0. The molecule has 2 aromatic carbocycles. The second-order valence-electron chi connectivity index (χ2n) is 7.14. The van der Waals surface area contributed by atoms with Crippen LogP contribution in [0.5, 0.6) is 0 Å². The Kier molecular flexibility index (Phi) is 5.36. The Labute approximate surface area is 175 Å². The topological polar surface area (TPSA) is 46.4 Å². The molecule has 1 amide bonds. The first-order valence-electron chi connectivity index (χ1n) is 9.61. The van der Waals surface area contributed by atoms with Crippen LogP contribution in [0.4, 0.5) is 5.69 Å². The van der Waals surface area contributed by atoms with Crippen molar-refractivity contribution in [2.75, 3.05) is 5.32 Å². The van der Waals surface area contributed by atoms with Crippen molar-refractivity contribution >= 4 is 28.8 Å². The Morgan fingerprint density at radius 2 is 1.83 bits per heavy atom. The maximum absolute atomic E-state index is 12.6. The minimum Gasteiger partial charge on any atom is -0.326 e. The number of anilines is 1. The molecule has 0 fully saturated rings. The molecule has 0 unspecified atom stereocenters. The number of rotatable bonds is 5. The fourth-order valence-corrected chi connectivity index (χ4v) is 3.58. The maximum atomic E-state index is 12.6. The van der Waals surface area contributed by atoms with E-state index in [2.05, 4.69) is 9.72 Å².